The summed E-state index contributed by atoms with van der Waals surface area (Å²) in [4.78, 5) is 6.35. The molecule has 0 aliphatic rings. The first-order chi connectivity index (χ1) is 8.15. The highest BCUT2D eigenvalue weighted by Gasteiger charge is 2.13. The number of hydrogen-bond acceptors (Lipinski definition) is 4. The maximum atomic E-state index is 5.93. The van der Waals surface area contributed by atoms with E-state index < -0.39 is 0 Å². The lowest BCUT2D eigenvalue weighted by atomic mass is 10.0. The maximum absolute atomic E-state index is 5.93. The molecule has 0 spiro atoms. The number of nitrogens with two attached hydrogens (primary N) is 1. The third-order valence-corrected chi connectivity index (χ3v) is 2.75. The second-order valence-corrected chi connectivity index (χ2v) is 4.58. The molecule has 0 amide bonds. The Hall–Kier alpha value is -1.13. The summed E-state index contributed by atoms with van der Waals surface area (Å²) < 4.78 is 0. The summed E-state index contributed by atoms with van der Waals surface area (Å²) in [5, 5.41) is 3.54. The third kappa shape index (κ3) is 4.71. The van der Waals surface area contributed by atoms with Crippen molar-refractivity contribution in [3.05, 3.63) is 23.9 Å². The van der Waals surface area contributed by atoms with Crippen LogP contribution >= 0.6 is 0 Å². The Morgan fingerprint density at radius 3 is 2.82 bits per heavy atom. The number of anilines is 1. The van der Waals surface area contributed by atoms with E-state index in [1.807, 2.05) is 6.07 Å². The van der Waals surface area contributed by atoms with E-state index in [0.717, 1.165) is 31.5 Å². The SMILES string of the molecule is CCCNC(CCN(C)C)c1cccnc1N. The van der Waals surface area contributed by atoms with Gasteiger partial charge in [-0.15, -0.1) is 0 Å². The fraction of sp³-hybridized carbons (Fsp3) is 0.615. The molecule has 0 bridgehead atoms. The van der Waals surface area contributed by atoms with E-state index in [4.69, 9.17) is 5.73 Å². The van der Waals surface area contributed by atoms with E-state index in [2.05, 4.69) is 42.3 Å². The Labute approximate surface area is 104 Å². The van der Waals surface area contributed by atoms with E-state index in [1.165, 1.54) is 0 Å². The zero-order chi connectivity index (χ0) is 12.7. The van der Waals surface area contributed by atoms with Gasteiger partial charge in [-0.1, -0.05) is 13.0 Å². The number of pyridine rings is 1. The summed E-state index contributed by atoms with van der Waals surface area (Å²) in [6.07, 6.45) is 3.91. The van der Waals surface area contributed by atoms with Crippen LogP contribution in [0.5, 0.6) is 0 Å². The molecule has 0 saturated carbocycles. The predicted molar refractivity (Wildman–Crippen MR) is 72.9 cm³/mol. The van der Waals surface area contributed by atoms with Crippen LogP contribution in [0.3, 0.4) is 0 Å². The summed E-state index contributed by atoms with van der Waals surface area (Å²) in [7, 11) is 4.17. The molecular weight excluding hydrogens is 212 g/mol. The van der Waals surface area contributed by atoms with Gasteiger partial charge in [-0.3, -0.25) is 0 Å². The number of aromatic nitrogens is 1. The van der Waals surface area contributed by atoms with Gasteiger partial charge in [0.1, 0.15) is 5.82 Å². The van der Waals surface area contributed by atoms with Gasteiger partial charge in [0, 0.05) is 17.8 Å². The number of nitrogen functional groups attached to an aromatic ring is 1. The largest absolute Gasteiger partial charge is 0.383 e. The van der Waals surface area contributed by atoms with E-state index in [-0.39, 0.29) is 0 Å². The van der Waals surface area contributed by atoms with Crippen LogP contribution in [-0.4, -0.2) is 37.1 Å². The van der Waals surface area contributed by atoms with Crippen LogP contribution in [0.25, 0.3) is 0 Å². The van der Waals surface area contributed by atoms with Crippen LogP contribution in [0.15, 0.2) is 18.3 Å². The fourth-order valence-corrected chi connectivity index (χ4v) is 1.80. The summed E-state index contributed by atoms with van der Waals surface area (Å²) in [5.41, 5.74) is 7.05. The molecule has 4 nitrogen and oxygen atoms in total. The molecule has 0 aliphatic carbocycles. The summed E-state index contributed by atoms with van der Waals surface area (Å²) in [5.74, 6) is 0.639. The van der Waals surface area contributed by atoms with E-state index in [9.17, 15) is 0 Å². The minimum Gasteiger partial charge on any atom is -0.383 e. The van der Waals surface area contributed by atoms with Gasteiger partial charge in [-0.05, 0) is 46.1 Å². The van der Waals surface area contributed by atoms with Crippen LogP contribution in [0.2, 0.25) is 0 Å². The van der Waals surface area contributed by atoms with Gasteiger partial charge >= 0.3 is 0 Å². The molecular formula is C13H24N4. The summed E-state index contributed by atoms with van der Waals surface area (Å²) in [6.45, 7) is 4.21. The van der Waals surface area contributed by atoms with Gasteiger partial charge in [-0.25, -0.2) is 4.98 Å². The smallest absolute Gasteiger partial charge is 0.128 e. The van der Waals surface area contributed by atoms with Gasteiger partial charge < -0.3 is 16.0 Å². The molecule has 1 heterocycles. The Kier molecular flexibility index (Phi) is 5.94. The van der Waals surface area contributed by atoms with Crippen molar-refractivity contribution in [1.82, 2.24) is 15.2 Å². The maximum Gasteiger partial charge on any atom is 0.128 e. The van der Waals surface area contributed by atoms with Gasteiger partial charge in [-0.2, -0.15) is 0 Å². The highest BCUT2D eigenvalue weighted by molar-refractivity contribution is 5.40. The van der Waals surface area contributed by atoms with Crippen molar-refractivity contribution in [2.24, 2.45) is 0 Å². The monoisotopic (exact) mass is 236 g/mol. The van der Waals surface area contributed by atoms with Gasteiger partial charge in [0.25, 0.3) is 0 Å². The lowest BCUT2D eigenvalue weighted by Gasteiger charge is -2.21. The van der Waals surface area contributed by atoms with Crippen LogP contribution in [-0.2, 0) is 0 Å². The average molecular weight is 236 g/mol. The van der Waals surface area contributed by atoms with Crippen molar-refractivity contribution in [3.63, 3.8) is 0 Å². The molecule has 4 heteroatoms. The van der Waals surface area contributed by atoms with Crippen molar-refractivity contribution >= 4 is 5.82 Å². The van der Waals surface area contributed by atoms with Crippen molar-refractivity contribution in [2.45, 2.75) is 25.8 Å². The molecule has 1 unspecified atom stereocenters. The number of hydrogen-bond donors (Lipinski definition) is 2. The van der Waals surface area contributed by atoms with E-state index in [0.29, 0.717) is 11.9 Å². The molecule has 17 heavy (non-hydrogen) atoms. The normalized spacial score (nSPS) is 12.9. The highest BCUT2D eigenvalue weighted by Crippen LogP contribution is 2.21. The second kappa shape index (κ2) is 7.25. The second-order valence-electron chi connectivity index (χ2n) is 4.58. The molecule has 1 aromatic rings. The summed E-state index contributed by atoms with van der Waals surface area (Å²) in [6, 6.07) is 4.30. The topological polar surface area (TPSA) is 54.2 Å². The van der Waals surface area contributed by atoms with Crippen LogP contribution < -0.4 is 11.1 Å². The standard InChI is InChI=1S/C13H24N4/c1-4-8-15-12(7-10-17(2)3)11-6-5-9-16-13(11)14/h5-6,9,12,15H,4,7-8,10H2,1-3H3,(H2,14,16). The first kappa shape index (κ1) is 13.9. The lowest BCUT2D eigenvalue weighted by Crippen LogP contribution is -2.27. The molecule has 0 radical (unpaired) electrons. The van der Waals surface area contributed by atoms with Gasteiger partial charge in [0.05, 0.1) is 0 Å². The van der Waals surface area contributed by atoms with Crippen molar-refractivity contribution in [1.29, 1.82) is 0 Å². The van der Waals surface area contributed by atoms with Gasteiger partial charge in [0.15, 0.2) is 0 Å². The third-order valence-electron chi connectivity index (χ3n) is 2.75. The minimum absolute atomic E-state index is 0.297. The fourth-order valence-electron chi connectivity index (χ4n) is 1.80. The van der Waals surface area contributed by atoms with E-state index >= 15 is 0 Å². The molecule has 1 atom stereocenters. The van der Waals surface area contributed by atoms with E-state index in [1.54, 1.807) is 6.20 Å². The Morgan fingerprint density at radius 2 is 2.24 bits per heavy atom. The molecule has 0 saturated heterocycles. The first-order valence-corrected chi connectivity index (χ1v) is 6.23. The first-order valence-electron chi connectivity index (χ1n) is 6.23. The minimum atomic E-state index is 0.297. The molecule has 0 aromatic carbocycles. The Bertz CT molecular complexity index is 325. The molecule has 1 aromatic heterocycles. The summed E-state index contributed by atoms with van der Waals surface area (Å²) >= 11 is 0. The zero-order valence-corrected chi connectivity index (χ0v) is 11.1. The van der Waals surface area contributed by atoms with Crippen molar-refractivity contribution in [2.75, 3.05) is 32.9 Å². The quantitative estimate of drug-likeness (QED) is 0.756. The molecule has 0 aliphatic heterocycles. The lowest BCUT2D eigenvalue weighted by molar-refractivity contribution is 0.361. The van der Waals surface area contributed by atoms with Crippen LogP contribution in [0, 0.1) is 0 Å². The molecule has 0 fully saturated rings. The predicted octanol–water partition coefficient (Wildman–Crippen LogP) is 1.66. The average Bonchev–Trinajstić information content (AvgIpc) is 2.30. The van der Waals surface area contributed by atoms with Crippen molar-refractivity contribution in [3.8, 4) is 0 Å². The number of rotatable bonds is 7. The zero-order valence-electron chi connectivity index (χ0n) is 11.1. The molecule has 1 rings (SSSR count). The van der Waals surface area contributed by atoms with Gasteiger partial charge in [0.2, 0.25) is 0 Å². The van der Waals surface area contributed by atoms with Crippen LogP contribution in [0.1, 0.15) is 31.4 Å². The van der Waals surface area contributed by atoms with Crippen LogP contribution in [0.4, 0.5) is 5.82 Å². The molecule has 96 valence electrons. The number of nitrogens with zero attached hydrogens (tertiary/aromatic N) is 2. The Morgan fingerprint density at radius 1 is 1.47 bits per heavy atom. The number of nitrogens with one attached hydrogen (secondary N) is 1. The Balaban J connectivity index is 2.71. The molecule has 3 N–H and O–H groups in total. The van der Waals surface area contributed by atoms with Crippen molar-refractivity contribution < 1.29 is 0 Å². The highest BCUT2D eigenvalue weighted by atomic mass is 15.1.